The van der Waals surface area contributed by atoms with Crippen molar-refractivity contribution >= 4 is 18.0 Å². The molecule has 0 radical (unpaired) electrons. The summed E-state index contributed by atoms with van der Waals surface area (Å²) in [4.78, 5) is 39.2. The maximum Gasteiger partial charge on any atom is 0.534 e. The number of imide groups is 1. The van der Waals surface area contributed by atoms with E-state index in [0.717, 1.165) is 25.7 Å². The summed E-state index contributed by atoms with van der Waals surface area (Å²) < 4.78 is 5.23. The van der Waals surface area contributed by atoms with Crippen LogP contribution in [-0.4, -0.2) is 29.1 Å². The highest BCUT2D eigenvalue weighted by molar-refractivity contribution is 6.01. The van der Waals surface area contributed by atoms with Crippen molar-refractivity contribution in [3.63, 3.8) is 0 Å². The summed E-state index contributed by atoms with van der Waals surface area (Å²) in [6.07, 6.45) is 2.31. The lowest BCUT2D eigenvalue weighted by molar-refractivity contribution is -0.179. The number of benzene rings is 1. The van der Waals surface area contributed by atoms with Crippen LogP contribution in [0.1, 0.15) is 50.0 Å². The van der Waals surface area contributed by atoms with Crippen LogP contribution in [0.15, 0.2) is 30.3 Å². The van der Waals surface area contributed by atoms with Crippen molar-refractivity contribution in [1.29, 1.82) is 0 Å². The summed E-state index contributed by atoms with van der Waals surface area (Å²) in [6, 6.07) is 10.3. The Morgan fingerprint density at radius 1 is 0.957 bits per heavy atom. The van der Waals surface area contributed by atoms with E-state index in [1.54, 1.807) is 0 Å². The average molecular weight is 317 g/mol. The molecule has 1 saturated heterocycles. The lowest BCUT2D eigenvalue weighted by Gasteiger charge is -2.28. The molecule has 1 saturated carbocycles. The van der Waals surface area contributed by atoms with E-state index < -0.39 is 18.0 Å². The van der Waals surface area contributed by atoms with Crippen LogP contribution < -0.4 is 0 Å². The van der Waals surface area contributed by atoms with Gasteiger partial charge in [0.05, 0.1) is 0 Å². The molecular formula is C17H19NO5. The average Bonchev–Trinajstić information content (AvgIpc) is 2.88. The molecule has 0 aromatic heterocycles. The Morgan fingerprint density at radius 3 is 2.17 bits per heavy atom. The summed E-state index contributed by atoms with van der Waals surface area (Å²) >= 11 is 0. The van der Waals surface area contributed by atoms with E-state index in [2.05, 4.69) is 12.1 Å². The lowest BCUT2D eigenvalue weighted by Crippen LogP contribution is -2.34. The standard InChI is InChI=1S/C17H19NO5/c19-15-10-11-16(20)18(15)23-17(21)22-14-8-6-13(7-9-14)12-4-2-1-3-5-12/h1-5,13-14H,6-11H2. The smallest absolute Gasteiger partial charge is 0.429 e. The topological polar surface area (TPSA) is 72.9 Å². The molecule has 2 fully saturated rings. The van der Waals surface area contributed by atoms with Gasteiger partial charge in [-0.1, -0.05) is 35.4 Å². The Hall–Kier alpha value is -2.37. The Balaban J connectivity index is 1.46. The number of ether oxygens (including phenoxy) is 1. The number of hydrogen-bond donors (Lipinski definition) is 0. The third-order valence-electron chi connectivity index (χ3n) is 4.38. The maximum absolute atomic E-state index is 11.7. The van der Waals surface area contributed by atoms with Gasteiger partial charge in [-0.05, 0) is 37.2 Å². The molecule has 0 bridgehead atoms. The second kappa shape index (κ2) is 6.81. The van der Waals surface area contributed by atoms with Crippen LogP contribution in [0.2, 0.25) is 0 Å². The zero-order chi connectivity index (χ0) is 16.2. The maximum atomic E-state index is 11.7. The van der Waals surface area contributed by atoms with Crippen LogP contribution in [-0.2, 0) is 19.2 Å². The predicted octanol–water partition coefficient (Wildman–Crippen LogP) is 2.93. The van der Waals surface area contributed by atoms with Crippen molar-refractivity contribution in [2.24, 2.45) is 0 Å². The first-order chi connectivity index (χ1) is 11.1. The number of amides is 2. The van der Waals surface area contributed by atoms with Gasteiger partial charge in [-0.3, -0.25) is 14.4 Å². The van der Waals surface area contributed by atoms with E-state index in [0.29, 0.717) is 11.0 Å². The number of hydrogen-bond acceptors (Lipinski definition) is 5. The Morgan fingerprint density at radius 2 is 1.57 bits per heavy atom. The van der Waals surface area contributed by atoms with E-state index in [-0.39, 0.29) is 18.9 Å². The van der Waals surface area contributed by atoms with Crippen LogP contribution in [0.25, 0.3) is 0 Å². The molecule has 6 heteroatoms. The molecule has 23 heavy (non-hydrogen) atoms. The van der Waals surface area contributed by atoms with Crippen LogP contribution in [0, 0.1) is 0 Å². The van der Waals surface area contributed by atoms with Crippen molar-refractivity contribution in [3.05, 3.63) is 35.9 Å². The van der Waals surface area contributed by atoms with Gasteiger partial charge in [-0.15, -0.1) is 0 Å². The minimum atomic E-state index is -0.975. The molecular weight excluding hydrogens is 298 g/mol. The lowest BCUT2D eigenvalue weighted by atomic mass is 9.83. The molecule has 1 aromatic rings. The highest BCUT2D eigenvalue weighted by Crippen LogP contribution is 2.34. The van der Waals surface area contributed by atoms with Gasteiger partial charge >= 0.3 is 6.16 Å². The molecule has 0 unspecified atom stereocenters. The third kappa shape index (κ3) is 3.70. The molecule has 1 aliphatic heterocycles. The van der Waals surface area contributed by atoms with Crippen molar-refractivity contribution in [2.45, 2.75) is 50.5 Å². The first kappa shape index (κ1) is 15.5. The van der Waals surface area contributed by atoms with E-state index in [9.17, 15) is 14.4 Å². The summed E-state index contributed by atoms with van der Waals surface area (Å²) in [5.74, 6) is -0.520. The molecule has 0 N–H and O–H groups in total. The number of carbonyl (C=O) groups excluding carboxylic acids is 3. The minimum Gasteiger partial charge on any atom is -0.429 e. The van der Waals surface area contributed by atoms with Crippen molar-refractivity contribution in [1.82, 2.24) is 5.06 Å². The van der Waals surface area contributed by atoms with Gasteiger partial charge in [0.2, 0.25) is 0 Å². The molecule has 1 heterocycles. The summed E-state index contributed by atoms with van der Waals surface area (Å²) in [7, 11) is 0. The van der Waals surface area contributed by atoms with Crippen LogP contribution in [0.5, 0.6) is 0 Å². The first-order valence-corrected chi connectivity index (χ1v) is 7.93. The number of hydroxylamine groups is 2. The van der Waals surface area contributed by atoms with Gasteiger partial charge in [0.1, 0.15) is 6.10 Å². The number of rotatable bonds is 3. The van der Waals surface area contributed by atoms with Gasteiger partial charge in [-0.2, -0.15) is 0 Å². The second-order valence-corrected chi connectivity index (χ2v) is 5.93. The zero-order valence-corrected chi connectivity index (χ0v) is 12.8. The van der Waals surface area contributed by atoms with Crippen LogP contribution >= 0.6 is 0 Å². The fourth-order valence-corrected chi connectivity index (χ4v) is 3.13. The third-order valence-corrected chi connectivity index (χ3v) is 4.38. The summed E-state index contributed by atoms with van der Waals surface area (Å²) in [6.45, 7) is 0. The minimum absolute atomic E-state index is 0.0777. The molecule has 0 spiro atoms. The molecule has 2 aliphatic rings. The van der Waals surface area contributed by atoms with Gasteiger partial charge < -0.3 is 4.74 Å². The second-order valence-electron chi connectivity index (χ2n) is 5.93. The van der Waals surface area contributed by atoms with Gasteiger partial charge in [0, 0.05) is 12.8 Å². The molecule has 6 nitrogen and oxygen atoms in total. The zero-order valence-electron chi connectivity index (χ0n) is 12.8. The van der Waals surface area contributed by atoms with Crippen LogP contribution in [0.3, 0.4) is 0 Å². The predicted molar refractivity (Wildman–Crippen MR) is 80.1 cm³/mol. The number of nitrogens with zero attached hydrogens (tertiary/aromatic N) is 1. The molecule has 1 aliphatic carbocycles. The Kier molecular flexibility index (Phi) is 4.60. The van der Waals surface area contributed by atoms with Crippen molar-refractivity contribution in [2.75, 3.05) is 0 Å². The Labute approximate surface area is 134 Å². The van der Waals surface area contributed by atoms with Gasteiger partial charge in [0.15, 0.2) is 0 Å². The van der Waals surface area contributed by atoms with Crippen molar-refractivity contribution < 1.29 is 24.0 Å². The van der Waals surface area contributed by atoms with Crippen LogP contribution in [0.4, 0.5) is 4.79 Å². The SMILES string of the molecule is O=C(OC1CCC(c2ccccc2)CC1)ON1C(=O)CCC1=O. The molecule has 3 rings (SSSR count). The molecule has 0 atom stereocenters. The number of carbonyl (C=O) groups is 3. The summed E-state index contributed by atoms with van der Waals surface area (Å²) in [5, 5.41) is 0.512. The largest absolute Gasteiger partial charge is 0.534 e. The van der Waals surface area contributed by atoms with Gasteiger partial charge in [0.25, 0.3) is 11.8 Å². The normalized spacial score (nSPS) is 24.6. The highest BCUT2D eigenvalue weighted by atomic mass is 16.8. The quantitative estimate of drug-likeness (QED) is 0.633. The van der Waals surface area contributed by atoms with E-state index >= 15 is 0 Å². The van der Waals surface area contributed by atoms with Gasteiger partial charge in [-0.25, -0.2) is 4.79 Å². The highest BCUT2D eigenvalue weighted by Gasteiger charge is 2.34. The summed E-state index contributed by atoms with van der Waals surface area (Å²) in [5.41, 5.74) is 1.31. The van der Waals surface area contributed by atoms with E-state index in [4.69, 9.17) is 9.57 Å². The molecule has 122 valence electrons. The molecule has 1 aromatic carbocycles. The fraction of sp³-hybridized carbons (Fsp3) is 0.471. The Bertz CT molecular complexity index is 576. The monoisotopic (exact) mass is 317 g/mol. The van der Waals surface area contributed by atoms with E-state index in [1.165, 1.54) is 5.56 Å². The fourth-order valence-electron chi connectivity index (χ4n) is 3.13. The molecule has 2 amide bonds. The van der Waals surface area contributed by atoms with E-state index in [1.807, 2.05) is 18.2 Å². The first-order valence-electron chi connectivity index (χ1n) is 7.93. The van der Waals surface area contributed by atoms with Crippen molar-refractivity contribution in [3.8, 4) is 0 Å².